The fraction of sp³-hybridized carbons (Fsp3) is 0.360. The Kier molecular flexibility index (Phi) is 6.91. The molecule has 0 bridgehead atoms. The summed E-state index contributed by atoms with van der Waals surface area (Å²) in [5.74, 6) is -1.16. The summed E-state index contributed by atoms with van der Waals surface area (Å²) in [6, 6.07) is 4.55. The molecule has 34 heavy (non-hydrogen) atoms. The number of aromatic nitrogens is 4. The number of hydrogen-bond acceptors (Lipinski definition) is 4. The second kappa shape index (κ2) is 9.72. The van der Waals surface area contributed by atoms with Gasteiger partial charge in [0.05, 0.1) is 23.9 Å². The SMILES string of the molecule is CC[C@](C)(O)CCn1cc(-c2cnc3[nH]cc([C@@H](CF)c4c(OC)ccc(F)c4Cl)c3c2)cn1. The third-order valence-corrected chi connectivity index (χ3v) is 6.75. The van der Waals surface area contributed by atoms with Crippen LogP contribution < -0.4 is 4.74 Å². The first kappa shape index (κ1) is 24.2. The average Bonchev–Trinajstić information content (AvgIpc) is 3.48. The number of fused-ring (bicyclic) bond motifs is 1. The Morgan fingerprint density at radius 3 is 2.79 bits per heavy atom. The normalized spacial score (nSPS) is 14.3. The lowest BCUT2D eigenvalue weighted by Crippen LogP contribution is -2.24. The van der Waals surface area contributed by atoms with Gasteiger partial charge in [-0.3, -0.25) is 9.07 Å². The maximum Gasteiger partial charge on any atom is 0.142 e. The largest absolute Gasteiger partial charge is 0.496 e. The minimum atomic E-state index is -0.844. The number of ether oxygens (including phenoxy) is 1. The van der Waals surface area contributed by atoms with Gasteiger partial charge in [-0.1, -0.05) is 18.5 Å². The summed E-state index contributed by atoms with van der Waals surface area (Å²) < 4.78 is 35.8. The van der Waals surface area contributed by atoms with Gasteiger partial charge in [0, 0.05) is 53.1 Å². The number of halogens is 3. The van der Waals surface area contributed by atoms with Crippen molar-refractivity contribution in [2.75, 3.05) is 13.8 Å². The molecular formula is C25H27ClF2N4O2. The molecule has 0 saturated heterocycles. The van der Waals surface area contributed by atoms with E-state index in [1.807, 2.05) is 26.1 Å². The highest BCUT2D eigenvalue weighted by atomic mass is 35.5. The average molecular weight is 489 g/mol. The molecule has 2 atom stereocenters. The molecule has 6 nitrogen and oxygen atoms in total. The molecule has 0 amide bonds. The Morgan fingerprint density at radius 1 is 1.29 bits per heavy atom. The predicted octanol–water partition coefficient (Wildman–Crippen LogP) is 5.88. The Balaban J connectivity index is 1.71. The van der Waals surface area contributed by atoms with Crippen molar-refractivity contribution in [1.82, 2.24) is 19.7 Å². The van der Waals surface area contributed by atoms with Crippen molar-refractivity contribution < 1.29 is 18.6 Å². The minimum absolute atomic E-state index is 0.162. The molecule has 0 aliphatic rings. The Bertz CT molecular complexity index is 1300. The van der Waals surface area contributed by atoms with E-state index in [4.69, 9.17) is 16.3 Å². The van der Waals surface area contributed by atoms with Crippen molar-refractivity contribution in [2.24, 2.45) is 0 Å². The molecule has 0 unspecified atom stereocenters. The molecule has 0 saturated carbocycles. The third kappa shape index (κ3) is 4.65. The van der Waals surface area contributed by atoms with Gasteiger partial charge >= 0.3 is 0 Å². The highest BCUT2D eigenvalue weighted by Crippen LogP contribution is 2.41. The van der Waals surface area contributed by atoms with Gasteiger partial charge in [-0.25, -0.2) is 9.37 Å². The fourth-order valence-corrected chi connectivity index (χ4v) is 4.29. The van der Waals surface area contributed by atoms with Crippen LogP contribution in [0.1, 0.15) is 43.7 Å². The van der Waals surface area contributed by atoms with E-state index in [2.05, 4.69) is 15.1 Å². The van der Waals surface area contributed by atoms with Crippen molar-refractivity contribution >= 4 is 22.6 Å². The van der Waals surface area contributed by atoms with Crippen LogP contribution in [0.3, 0.4) is 0 Å². The first-order chi connectivity index (χ1) is 16.3. The lowest BCUT2D eigenvalue weighted by Gasteiger charge is -2.20. The monoisotopic (exact) mass is 488 g/mol. The summed E-state index contributed by atoms with van der Waals surface area (Å²) in [6.07, 6.45) is 8.25. The van der Waals surface area contributed by atoms with Gasteiger partial charge in [0.1, 0.15) is 23.9 Å². The summed E-state index contributed by atoms with van der Waals surface area (Å²) in [6.45, 7) is 3.53. The topological polar surface area (TPSA) is 76.0 Å². The van der Waals surface area contributed by atoms with Crippen LogP contribution in [0.25, 0.3) is 22.2 Å². The number of aromatic amines is 1. The molecule has 0 fully saturated rings. The molecule has 4 rings (SSSR count). The van der Waals surface area contributed by atoms with Gasteiger partial charge in [0.25, 0.3) is 0 Å². The maximum atomic E-state index is 14.4. The molecule has 3 heterocycles. The highest BCUT2D eigenvalue weighted by Gasteiger charge is 2.26. The van der Waals surface area contributed by atoms with E-state index in [9.17, 15) is 13.9 Å². The molecule has 4 aromatic rings. The molecule has 0 aliphatic heterocycles. The molecule has 0 radical (unpaired) electrons. The number of hydrogen-bond donors (Lipinski definition) is 2. The second-order valence-electron chi connectivity index (χ2n) is 8.64. The number of nitrogens with one attached hydrogen (secondary N) is 1. The number of H-pyrrole nitrogens is 1. The first-order valence-corrected chi connectivity index (χ1v) is 11.5. The number of alkyl halides is 1. The van der Waals surface area contributed by atoms with Crippen molar-refractivity contribution in [3.8, 4) is 16.9 Å². The molecule has 0 spiro atoms. The van der Waals surface area contributed by atoms with E-state index in [1.165, 1.54) is 19.2 Å². The summed E-state index contributed by atoms with van der Waals surface area (Å²) in [5.41, 5.74) is 2.34. The van der Waals surface area contributed by atoms with Crippen LogP contribution in [0.15, 0.2) is 43.0 Å². The van der Waals surface area contributed by atoms with Crippen LogP contribution in [0.5, 0.6) is 5.75 Å². The number of nitrogens with zero attached hydrogens (tertiary/aromatic N) is 3. The number of methoxy groups -OCH3 is 1. The third-order valence-electron chi connectivity index (χ3n) is 6.36. The quantitative estimate of drug-likeness (QED) is 0.308. The Hall–Kier alpha value is -2.97. The van der Waals surface area contributed by atoms with E-state index in [0.717, 1.165) is 11.1 Å². The Labute approximate surface area is 201 Å². The van der Waals surface area contributed by atoms with Crippen LogP contribution in [0, 0.1) is 5.82 Å². The van der Waals surface area contributed by atoms with E-state index < -0.39 is 24.0 Å². The lowest BCUT2D eigenvalue weighted by molar-refractivity contribution is 0.0416. The lowest BCUT2D eigenvalue weighted by atomic mass is 9.91. The number of pyridine rings is 1. The summed E-state index contributed by atoms with van der Waals surface area (Å²) in [7, 11) is 1.44. The molecular weight excluding hydrogens is 462 g/mol. The van der Waals surface area contributed by atoms with Gasteiger partial charge in [0.2, 0.25) is 0 Å². The fourth-order valence-electron chi connectivity index (χ4n) is 4.00. The number of rotatable bonds is 9. The molecule has 2 N–H and O–H groups in total. The Morgan fingerprint density at radius 2 is 2.09 bits per heavy atom. The summed E-state index contributed by atoms with van der Waals surface area (Å²) in [4.78, 5) is 7.55. The van der Waals surface area contributed by atoms with Gasteiger partial charge in [-0.05, 0) is 43.5 Å². The smallest absolute Gasteiger partial charge is 0.142 e. The summed E-state index contributed by atoms with van der Waals surface area (Å²) >= 11 is 6.24. The standard InChI is InChI=1S/C25H27ClF2N4O2/c1-4-25(2,33)7-8-32-14-16(12-31-32)15-9-17-19(13-30-24(17)29-11-15)18(10-27)22-21(34-3)6-5-20(28)23(22)26/h5-6,9,11-14,18,33H,4,7-8,10H2,1-3H3,(H,29,30)/t18-,25+/m1/s1. The zero-order chi connectivity index (χ0) is 24.5. The maximum absolute atomic E-state index is 14.4. The van der Waals surface area contributed by atoms with E-state index in [0.29, 0.717) is 41.7 Å². The zero-order valence-electron chi connectivity index (χ0n) is 19.3. The zero-order valence-corrected chi connectivity index (χ0v) is 20.0. The van der Waals surface area contributed by atoms with Gasteiger partial charge < -0.3 is 14.8 Å². The van der Waals surface area contributed by atoms with Gasteiger partial charge in [0.15, 0.2) is 0 Å². The molecule has 1 aromatic carbocycles. The van der Waals surface area contributed by atoms with Crippen molar-refractivity contribution in [3.05, 3.63) is 65.0 Å². The number of aryl methyl sites for hydroxylation is 1. The van der Waals surface area contributed by atoms with Crippen LogP contribution in [-0.4, -0.2) is 44.2 Å². The van der Waals surface area contributed by atoms with Gasteiger partial charge in [-0.15, -0.1) is 0 Å². The van der Waals surface area contributed by atoms with Crippen LogP contribution in [0.2, 0.25) is 5.02 Å². The van der Waals surface area contributed by atoms with Crippen molar-refractivity contribution in [3.63, 3.8) is 0 Å². The number of aliphatic hydroxyl groups is 1. The van der Waals surface area contributed by atoms with Crippen LogP contribution in [-0.2, 0) is 6.54 Å². The first-order valence-electron chi connectivity index (χ1n) is 11.1. The van der Waals surface area contributed by atoms with Crippen molar-refractivity contribution in [1.29, 1.82) is 0 Å². The minimum Gasteiger partial charge on any atom is -0.496 e. The predicted molar refractivity (Wildman–Crippen MR) is 129 cm³/mol. The van der Waals surface area contributed by atoms with Crippen LogP contribution in [0.4, 0.5) is 8.78 Å². The van der Waals surface area contributed by atoms with Crippen molar-refractivity contribution in [2.45, 2.75) is 44.8 Å². The highest BCUT2D eigenvalue weighted by molar-refractivity contribution is 6.31. The molecule has 9 heteroatoms. The van der Waals surface area contributed by atoms with E-state index >= 15 is 0 Å². The molecule has 3 aromatic heterocycles. The number of benzene rings is 1. The van der Waals surface area contributed by atoms with Gasteiger partial charge in [-0.2, -0.15) is 5.10 Å². The van der Waals surface area contributed by atoms with E-state index in [1.54, 1.807) is 23.3 Å². The molecule has 180 valence electrons. The second-order valence-corrected chi connectivity index (χ2v) is 9.02. The van der Waals surface area contributed by atoms with Crippen LogP contribution >= 0.6 is 11.6 Å². The van der Waals surface area contributed by atoms with E-state index in [-0.39, 0.29) is 10.6 Å². The molecule has 0 aliphatic carbocycles. The summed E-state index contributed by atoms with van der Waals surface area (Å²) in [5, 5.41) is 15.2.